The largest absolute Gasteiger partial charge is 0.463 e. The first-order valence-electron chi connectivity index (χ1n) is 9.92. The number of likely N-dealkylation sites (tertiary alicyclic amines) is 1. The van der Waals surface area contributed by atoms with E-state index < -0.39 is 5.60 Å². The maximum Gasteiger partial charge on any atom is 0.410 e. The van der Waals surface area contributed by atoms with Crippen molar-refractivity contribution in [1.29, 1.82) is 0 Å². The number of aromatic nitrogens is 2. The van der Waals surface area contributed by atoms with Crippen LogP contribution < -0.4 is 4.74 Å². The van der Waals surface area contributed by atoms with Crippen LogP contribution in [0.2, 0.25) is 0 Å². The van der Waals surface area contributed by atoms with Crippen molar-refractivity contribution in [1.82, 2.24) is 14.9 Å². The van der Waals surface area contributed by atoms with Gasteiger partial charge in [-0.25, -0.2) is 14.8 Å². The molecule has 0 saturated carbocycles. The average Bonchev–Trinajstić information content (AvgIpc) is 3.07. The first kappa shape index (κ1) is 18.7. The number of carbonyl (C=O) groups is 1. The van der Waals surface area contributed by atoms with Crippen LogP contribution in [0.15, 0.2) is 30.6 Å². The molecule has 1 aromatic carbocycles. The highest BCUT2D eigenvalue weighted by Crippen LogP contribution is 2.28. The highest BCUT2D eigenvalue weighted by atomic mass is 16.6. The first-order chi connectivity index (χ1) is 13.4. The van der Waals surface area contributed by atoms with Crippen molar-refractivity contribution in [3.63, 3.8) is 0 Å². The summed E-state index contributed by atoms with van der Waals surface area (Å²) >= 11 is 0. The van der Waals surface area contributed by atoms with Gasteiger partial charge in [0.15, 0.2) is 0 Å². The number of rotatable bonds is 4. The molecule has 148 valence electrons. The fourth-order valence-corrected chi connectivity index (χ4v) is 3.63. The Morgan fingerprint density at radius 2 is 1.82 bits per heavy atom. The SMILES string of the molecule is CC(C)(C)OC(=O)N1CC(COc2ncc(-c3ccc4c(c3)CCC4)cn2)C1. The van der Waals surface area contributed by atoms with E-state index in [1.807, 2.05) is 33.2 Å². The van der Waals surface area contributed by atoms with Crippen molar-refractivity contribution < 1.29 is 14.3 Å². The minimum Gasteiger partial charge on any atom is -0.463 e. The maximum atomic E-state index is 11.9. The van der Waals surface area contributed by atoms with Crippen molar-refractivity contribution in [2.45, 2.75) is 45.6 Å². The van der Waals surface area contributed by atoms with Gasteiger partial charge in [-0.15, -0.1) is 0 Å². The fourth-order valence-electron chi connectivity index (χ4n) is 3.63. The molecule has 6 nitrogen and oxygen atoms in total. The Bertz CT molecular complexity index is 852. The molecule has 1 fully saturated rings. The molecular formula is C22H27N3O3. The van der Waals surface area contributed by atoms with Crippen molar-refractivity contribution in [3.05, 3.63) is 41.7 Å². The van der Waals surface area contributed by atoms with Gasteiger partial charge in [0.1, 0.15) is 5.60 Å². The van der Waals surface area contributed by atoms with E-state index in [4.69, 9.17) is 9.47 Å². The zero-order valence-corrected chi connectivity index (χ0v) is 16.8. The van der Waals surface area contributed by atoms with Crippen LogP contribution in [0.1, 0.15) is 38.3 Å². The Hall–Kier alpha value is -2.63. The molecule has 0 bridgehead atoms. The molecule has 28 heavy (non-hydrogen) atoms. The van der Waals surface area contributed by atoms with Crippen molar-refractivity contribution >= 4 is 6.09 Å². The Morgan fingerprint density at radius 3 is 2.54 bits per heavy atom. The number of carbonyl (C=O) groups excluding carboxylic acids is 1. The summed E-state index contributed by atoms with van der Waals surface area (Å²) in [7, 11) is 0. The Kier molecular flexibility index (Phi) is 4.96. The highest BCUT2D eigenvalue weighted by Gasteiger charge is 2.34. The third-order valence-corrected chi connectivity index (χ3v) is 5.12. The summed E-state index contributed by atoms with van der Waals surface area (Å²) in [5.41, 5.74) is 4.59. The zero-order chi connectivity index (χ0) is 19.7. The van der Waals surface area contributed by atoms with Gasteiger partial charge in [-0.05, 0) is 56.7 Å². The van der Waals surface area contributed by atoms with E-state index in [1.54, 1.807) is 4.90 Å². The van der Waals surface area contributed by atoms with Gasteiger partial charge in [0.05, 0.1) is 6.61 Å². The molecule has 1 aliphatic heterocycles. The molecule has 0 unspecified atom stereocenters. The third kappa shape index (κ3) is 4.26. The zero-order valence-electron chi connectivity index (χ0n) is 16.8. The van der Waals surface area contributed by atoms with Crippen LogP contribution in [-0.4, -0.2) is 46.3 Å². The van der Waals surface area contributed by atoms with Gasteiger partial charge in [0.25, 0.3) is 0 Å². The van der Waals surface area contributed by atoms with Gasteiger partial charge in [0, 0.05) is 37.0 Å². The molecule has 2 aromatic rings. The lowest BCUT2D eigenvalue weighted by atomic mass is 10.0. The van der Waals surface area contributed by atoms with Gasteiger partial charge in [0.2, 0.25) is 0 Å². The lowest BCUT2D eigenvalue weighted by molar-refractivity contribution is -0.00837. The summed E-state index contributed by atoms with van der Waals surface area (Å²) in [5.74, 6) is 0.285. The van der Waals surface area contributed by atoms with E-state index in [0.717, 1.165) is 17.5 Å². The Labute approximate surface area is 165 Å². The van der Waals surface area contributed by atoms with Gasteiger partial charge >= 0.3 is 12.1 Å². The molecule has 2 heterocycles. The molecular weight excluding hydrogens is 354 g/mol. The summed E-state index contributed by atoms with van der Waals surface area (Å²) in [6.45, 7) is 7.39. The first-order valence-corrected chi connectivity index (χ1v) is 9.92. The minimum atomic E-state index is -0.465. The molecule has 0 N–H and O–H groups in total. The molecule has 0 radical (unpaired) electrons. The number of hydrogen-bond acceptors (Lipinski definition) is 5. The molecule has 1 saturated heterocycles. The molecule has 0 spiro atoms. The van der Waals surface area contributed by atoms with Crippen LogP contribution in [0.3, 0.4) is 0 Å². The predicted molar refractivity (Wildman–Crippen MR) is 106 cm³/mol. The number of amides is 1. The fraction of sp³-hybridized carbons (Fsp3) is 0.500. The summed E-state index contributed by atoms with van der Waals surface area (Å²) in [6.07, 6.45) is 6.95. The van der Waals surface area contributed by atoms with E-state index in [2.05, 4.69) is 28.2 Å². The quantitative estimate of drug-likeness (QED) is 0.804. The van der Waals surface area contributed by atoms with Crippen molar-refractivity contribution in [2.75, 3.05) is 19.7 Å². The van der Waals surface area contributed by atoms with E-state index in [0.29, 0.717) is 25.7 Å². The number of fused-ring (bicyclic) bond motifs is 1. The van der Waals surface area contributed by atoms with Crippen LogP contribution in [0.25, 0.3) is 11.1 Å². The molecule has 1 aromatic heterocycles. The predicted octanol–water partition coefficient (Wildman–Crippen LogP) is 3.88. The summed E-state index contributed by atoms with van der Waals surface area (Å²) in [6, 6.07) is 6.99. The summed E-state index contributed by atoms with van der Waals surface area (Å²) < 4.78 is 11.1. The van der Waals surface area contributed by atoms with Crippen LogP contribution in [0, 0.1) is 5.92 Å². The second kappa shape index (κ2) is 7.41. The standard InChI is InChI=1S/C22H27N3O3/c1-22(2,3)28-21(26)25-12-15(13-25)14-27-20-23-10-19(11-24-20)18-8-7-16-5-4-6-17(16)9-18/h7-11,15H,4-6,12-14H2,1-3H3. The molecule has 1 amide bonds. The van der Waals surface area contributed by atoms with Crippen LogP contribution >= 0.6 is 0 Å². The van der Waals surface area contributed by atoms with Crippen molar-refractivity contribution in [3.8, 4) is 17.1 Å². The minimum absolute atomic E-state index is 0.265. The lowest BCUT2D eigenvalue weighted by Gasteiger charge is -2.39. The van der Waals surface area contributed by atoms with E-state index in [9.17, 15) is 4.79 Å². The maximum absolute atomic E-state index is 11.9. The van der Waals surface area contributed by atoms with Crippen LogP contribution in [-0.2, 0) is 17.6 Å². The Morgan fingerprint density at radius 1 is 1.11 bits per heavy atom. The number of hydrogen-bond donors (Lipinski definition) is 0. The average molecular weight is 381 g/mol. The smallest absolute Gasteiger partial charge is 0.410 e. The van der Waals surface area contributed by atoms with E-state index in [1.165, 1.54) is 24.0 Å². The molecule has 0 atom stereocenters. The van der Waals surface area contributed by atoms with Crippen molar-refractivity contribution in [2.24, 2.45) is 5.92 Å². The highest BCUT2D eigenvalue weighted by molar-refractivity contribution is 5.69. The van der Waals surface area contributed by atoms with Gasteiger partial charge in [-0.3, -0.25) is 0 Å². The van der Waals surface area contributed by atoms with Gasteiger partial charge < -0.3 is 14.4 Å². The summed E-state index contributed by atoms with van der Waals surface area (Å²) in [4.78, 5) is 22.3. The second-order valence-corrected chi connectivity index (χ2v) is 8.65. The number of ether oxygens (including phenoxy) is 2. The van der Waals surface area contributed by atoms with E-state index in [-0.39, 0.29) is 12.0 Å². The normalized spacial score (nSPS) is 16.5. The third-order valence-electron chi connectivity index (χ3n) is 5.12. The molecule has 1 aliphatic carbocycles. The second-order valence-electron chi connectivity index (χ2n) is 8.65. The molecule has 6 heteroatoms. The molecule has 4 rings (SSSR count). The molecule has 2 aliphatic rings. The van der Waals surface area contributed by atoms with Crippen LogP contribution in [0.5, 0.6) is 6.01 Å². The van der Waals surface area contributed by atoms with E-state index >= 15 is 0 Å². The Balaban J connectivity index is 1.26. The van der Waals surface area contributed by atoms with Gasteiger partial charge in [-0.2, -0.15) is 0 Å². The number of benzene rings is 1. The number of aryl methyl sites for hydroxylation is 2. The topological polar surface area (TPSA) is 64.5 Å². The van der Waals surface area contributed by atoms with Gasteiger partial charge in [-0.1, -0.05) is 18.2 Å². The lowest BCUT2D eigenvalue weighted by Crippen LogP contribution is -2.53. The van der Waals surface area contributed by atoms with Crippen LogP contribution in [0.4, 0.5) is 4.79 Å². The monoisotopic (exact) mass is 381 g/mol. The summed E-state index contributed by atoms with van der Waals surface area (Å²) in [5, 5.41) is 0. The number of nitrogens with zero attached hydrogens (tertiary/aromatic N) is 3.